The molecule has 1 N–H and O–H groups in total. The van der Waals surface area contributed by atoms with Crippen LogP contribution in [-0.4, -0.2) is 18.6 Å². The number of fused-ring (bicyclic) bond motifs is 1. The molecule has 4 heteroatoms. The number of aromatic nitrogens is 1. The Bertz CT molecular complexity index is 621. The van der Waals surface area contributed by atoms with Crippen molar-refractivity contribution >= 4 is 11.3 Å². The molecule has 0 aliphatic heterocycles. The van der Waals surface area contributed by atoms with Gasteiger partial charge in [0, 0.05) is 22.9 Å². The molecule has 2 aromatic rings. The van der Waals surface area contributed by atoms with Crippen molar-refractivity contribution in [2.24, 2.45) is 0 Å². The number of aryl methyl sites for hydroxylation is 2. The van der Waals surface area contributed by atoms with Crippen LogP contribution in [-0.2, 0) is 6.42 Å². The average Bonchev–Trinajstić information content (AvgIpc) is 2.83. The Labute approximate surface area is 123 Å². The minimum absolute atomic E-state index is 0.165. The zero-order valence-electron chi connectivity index (χ0n) is 11.9. The van der Waals surface area contributed by atoms with E-state index in [2.05, 4.69) is 5.32 Å². The van der Waals surface area contributed by atoms with E-state index in [1.807, 2.05) is 26.1 Å². The van der Waals surface area contributed by atoms with E-state index < -0.39 is 0 Å². The molecule has 1 atom stereocenters. The molecule has 0 saturated heterocycles. The summed E-state index contributed by atoms with van der Waals surface area (Å²) in [4.78, 5) is 6.09. The quantitative estimate of drug-likeness (QED) is 0.927. The molecule has 0 spiro atoms. The summed E-state index contributed by atoms with van der Waals surface area (Å²) >= 11 is 1.66. The van der Waals surface area contributed by atoms with Gasteiger partial charge in [-0.2, -0.15) is 0 Å². The van der Waals surface area contributed by atoms with E-state index in [1.54, 1.807) is 17.4 Å². The molecule has 0 amide bonds. The zero-order valence-corrected chi connectivity index (χ0v) is 12.7. The molecule has 0 fully saturated rings. The van der Waals surface area contributed by atoms with Crippen molar-refractivity contribution in [3.63, 3.8) is 0 Å². The summed E-state index contributed by atoms with van der Waals surface area (Å²) in [6.07, 6.45) is 3.46. The Balaban J connectivity index is 2.00. The van der Waals surface area contributed by atoms with Gasteiger partial charge in [-0.15, -0.1) is 11.3 Å². The van der Waals surface area contributed by atoms with Gasteiger partial charge in [-0.25, -0.2) is 9.37 Å². The molecule has 20 heavy (non-hydrogen) atoms. The molecule has 0 saturated carbocycles. The van der Waals surface area contributed by atoms with E-state index in [0.29, 0.717) is 11.5 Å². The van der Waals surface area contributed by atoms with E-state index >= 15 is 0 Å². The summed E-state index contributed by atoms with van der Waals surface area (Å²) in [6.45, 7) is 2.86. The van der Waals surface area contributed by atoms with Gasteiger partial charge in [-0.3, -0.25) is 0 Å². The molecule has 3 rings (SSSR count). The van der Waals surface area contributed by atoms with E-state index in [0.717, 1.165) is 23.5 Å². The summed E-state index contributed by atoms with van der Waals surface area (Å²) in [7, 11) is 1.97. The van der Waals surface area contributed by atoms with Crippen LogP contribution in [0.5, 0.6) is 0 Å². The minimum Gasteiger partial charge on any atom is -0.319 e. The first kappa shape index (κ1) is 13.7. The number of benzene rings is 1. The van der Waals surface area contributed by atoms with Crippen LogP contribution in [0.1, 0.15) is 34.9 Å². The number of thiazole rings is 1. The molecule has 0 radical (unpaired) electrons. The Hall–Kier alpha value is -1.26. The Morgan fingerprint density at radius 1 is 1.45 bits per heavy atom. The fourth-order valence-corrected chi connectivity index (χ4v) is 4.08. The molecular weight excluding hydrogens is 271 g/mol. The molecule has 1 unspecified atom stereocenters. The normalized spacial score (nSPS) is 18.1. The zero-order chi connectivity index (χ0) is 14.1. The van der Waals surface area contributed by atoms with Crippen LogP contribution in [0, 0.1) is 12.7 Å². The van der Waals surface area contributed by atoms with Gasteiger partial charge >= 0.3 is 0 Å². The fraction of sp³-hybridized carbons (Fsp3) is 0.438. The fourth-order valence-electron chi connectivity index (χ4n) is 2.86. The summed E-state index contributed by atoms with van der Waals surface area (Å²) in [5.41, 5.74) is 2.77. The van der Waals surface area contributed by atoms with Crippen molar-refractivity contribution in [3.05, 3.63) is 40.2 Å². The topological polar surface area (TPSA) is 24.9 Å². The number of hydrogen-bond donors (Lipinski definition) is 1. The van der Waals surface area contributed by atoms with Crippen molar-refractivity contribution < 1.29 is 4.39 Å². The first-order valence-corrected chi connectivity index (χ1v) is 7.91. The van der Waals surface area contributed by atoms with E-state index in [4.69, 9.17) is 4.98 Å². The molecule has 1 aromatic carbocycles. The number of nitrogens with zero attached hydrogens (tertiary/aromatic N) is 1. The lowest BCUT2D eigenvalue weighted by molar-refractivity contribution is 0.523. The predicted molar refractivity (Wildman–Crippen MR) is 81.9 cm³/mol. The Morgan fingerprint density at radius 3 is 3.05 bits per heavy atom. The van der Waals surface area contributed by atoms with Crippen LogP contribution in [0.3, 0.4) is 0 Å². The number of likely N-dealkylation sites (N-methyl/N-ethyl adjacent to an activating group) is 1. The number of halogens is 1. The highest BCUT2D eigenvalue weighted by molar-refractivity contribution is 7.15. The lowest BCUT2D eigenvalue weighted by Crippen LogP contribution is -2.20. The van der Waals surface area contributed by atoms with Crippen molar-refractivity contribution in [1.82, 2.24) is 10.3 Å². The highest BCUT2D eigenvalue weighted by Crippen LogP contribution is 2.38. The standard InChI is InChI=1S/C16H19FN2S/c1-10-6-7-12(13(17)8-10)16-19-15-11(9-18-2)4-3-5-14(15)20-16/h6-8,11,18H,3-5,9H2,1-2H3. The van der Waals surface area contributed by atoms with Gasteiger partial charge in [0.05, 0.1) is 5.69 Å². The maximum absolute atomic E-state index is 14.1. The molecule has 2 nitrogen and oxygen atoms in total. The molecular formula is C16H19FN2S. The van der Waals surface area contributed by atoms with Crippen LogP contribution in [0.25, 0.3) is 10.6 Å². The van der Waals surface area contributed by atoms with Gasteiger partial charge in [0.1, 0.15) is 10.8 Å². The van der Waals surface area contributed by atoms with Crippen molar-refractivity contribution in [2.45, 2.75) is 32.1 Å². The van der Waals surface area contributed by atoms with E-state index in [1.165, 1.54) is 23.4 Å². The second-order valence-corrected chi connectivity index (χ2v) is 6.54. The predicted octanol–water partition coefficient (Wildman–Crippen LogP) is 3.90. The van der Waals surface area contributed by atoms with Gasteiger partial charge < -0.3 is 5.32 Å². The van der Waals surface area contributed by atoms with Gasteiger partial charge in [0.25, 0.3) is 0 Å². The second-order valence-electron chi connectivity index (χ2n) is 5.46. The molecule has 1 aliphatic carbocycles. The van der Waals surface area contributed by atoms with Crippen molar-refractivity contribution in [3.8, 4) is 10.6 Å². The smallest absolute Gasteiger partial charge is 0.133 e. The molecule has 0 bridgehead atoms. The van der Waals surface area contributed by atoms with Gasteiger partial charge in [0.15, 0.2) is 0 Å². The average molecular weight is 290 g/mol. The van der Waals surface area contributed by atoms with Gasteiger partial charge in [-0.05, 0) is 50.9 Å². The third-order valence-electron chi connectivity index (χ3n) is 3.88. The largest absolute Gasteiger partial charge is 0.319 e. The highest BCUT2D eigenvalue weighted by atomic mass is 32.1. The van der Waals surface area contributed by atoms with E-state index in [9.17, 15) is 4.39 Å². The second kappa shape index (κ2) is 5.62. The number of hydrogen-bond acceptors (Lipinski definition) is 3. The van der Waals surface area contributed by atoms with Crippen LogP contribution in [0.4, 0.5) is 4.39 Å². The summed E-state index contributed by atoms with van der Waals surface area (Å²) in [6, 6.07) is 5.38. The van der Waals surface area contributed by atoms with Crippen molar-refractivity contribution in [1.29, 1.82) is 0 Å². The van der Waals surface area contributed by atoms with Gasteiger partial charge in [0.2, 0.25) is 0 Å². The first-order chi connectivity index (χ1) is 9.69. The van der Waals surface area contributed by atoms with Crippen LogP contribution < -0.4 is 5.32 Å². The maximum Gasteiger partial charge on any atom is 0.133 e. The van der Waals surface area contributed by atoms with Crippen molar-refractivity contribution in [2.75, 3.05) is 13.6 Å². The van der Waals surface area contributed by atoms with Gasteiger partial charge in [-0.1, -0.05) is 6.07 Å². The van der Waals surface area contributed by atoms with Crippen LogP contribution in [0.15, 0.2) is 18.2 Å². The highest BCUT2D eigenvalue weighted by Gasteiger charge is 2.25. The lowest BCUT2D eigenvalue weighted by Gasteiger charge is -2.20. The SMILES string of the molecule is CNCC1CCCc2sc(-c3ccc(C)cc3F)nc21. The maximum atomic E-state index is 14.1. The summed E-state index contributed by atoms with van der Waals surface area (Å²) in [5.74, 6) is 0.309. The van der Waals surface area contributed by atoms with Crippen LogP contribution >= 0.6 is 11.3 Å². The van der Waals surface area contributed by atoms with E-state index in [-0.39, 0.29) is 5.82 Å². The third-order valence-corrected chi connectivity index (χ3v) is 5.04. The molecule has 1 aromatic heterocycles. The minimum atomic E-state index is -0.165. The number of nitrogens with one attached hydrogen (secondary N) is 1. The third kappa shape index (κ3) is 2.50. The van der Waals surface area contributed by atoms with Crippen LogP contribution in [0.2, 0.25) is 0 Å². The summed E-state index contributed by atoms with van der Waals surface area (Å²) in [5, 5.41) is 4.07. The molecule has 106 valence electrons. The Kier molecular flexibility index (Phi) is 3.85. The lowest BCUT2D eigenvalue weighted by atomic mass is 9.91. The first-order valence-electron chi connectivity index (χ1n) is 7.09. The molecule has 1 heterocycles. The Morgan fingerprint density at radius 2 is 2.30 bits per heavy atom. The summed E-state index contributed by atoms with van der Waals surface area (Å²) < 4.78 is 14.1. The molecule has 1 aliphatic rings. The monoisotopic (exact) mass is 290 g/mol. The number of rotatable bonds is 3.